The zero-order chi connectivity index (χ0) is 17.1. The number of hydrogen-bond donors (Lipinski definition) is 2. The number of benzene rings is 1. The standard InChI is InChI=1S/C14H11ClN4O3S2/c15-8-3-1-7(2-4-8)9(20)5-10-12(21)17-13(24-10)19-18-11-6-23-14(22)16-11/h1-4,10H,5-6H2,(H,16,18,22)(H,17,19,21). The van der Waals surface area contributed by atoms with E-state index in [1.807, 2.05) is 0 Å². The van der Waals surface area contributed by atoms with E-state index in [0.717, 1.165) is 23.5 Å². The molecule has 10 heteroatoms. The summed E-state index contributed by atoms with van der Waals surface area (Å²) in [4.78, 5) is 35.2. The molecule has 3 rings (SSSR count). The molecule has 2 fully saturated rings. The first-order chi connectivity index (χ1) is 11.5. The monoisotopic (exact) mass is 382 g/mol. The second kappa shape index (κ2) is 7.37. The number of amidine groups is 2. The second-order valence-electron chi connectivity index (χ2n) is 4.88. The minimum Gasteiger partial charge on any atom is -0.303 e. The summed E-state index contributed by atoms with van der Waals surface area (Å²) in [7, 11) is 0. The predicted octanol–water partition coefficient (Wildman–Crippen LogP) is 2.27. The molecule has 1 aromatic rings. The van der Waals surface area contributed by atoms with Crippen molar-refractivity contribution in [3.05, 3.63) is 34.9 Å². The highest BCUT2D eigenvalue weighted by molar-refractivity contribution is 8.15. The lowest BCUT2D eigenvalue weighted by Crippen LogP contribution is -2.26. The summed E-state index contributed by atoms with van der Waals surface area (Å²) < 4.78 is 0. The number of nitrogens with one attached hydrogen (secondary N) is 2. The van der Waals surface area contributed by atoms with Crippen molar-refractivity contribution in [1.29, 1.82) is 0 Å². The summed E-state index contributed by atoms with van der Waals surface area (Å²) in [5.41, 5.74) is 0.504. The SMILES string of the molecule is O=C1N/C(=N/N=C2\NC(=O)C(CC(=O)c3ccc(Cl)cc3)S2)CS1. The van der Waals surface area contributed by atoms with Crippen molar-refractivity contribution in [2.24, 2.45) is 10.2 Å². The molecule has 2 heterocycles. The molecule has 24 heavy (non-hydrogen) atoms. The van der Waals surface area contributed by atoms with Crippen LogP contribution in [0.1, 0.15) is 16.8 Å². The molecule has 0 radical (unpaired) electrons. The van der Waals surface area contributed by atoms with E-state index in [0.29, 0.717) is 27.3 Å². The summed E-state index contributed by atoms with van der Waals surface area (Å²) in [5.74, 6) is 0.428. The normalized spacial score (nSPS) is 23.6. The highest BCUT2D eigenvalue weighted by Crippen LogP contribution is 2.24. The highest BCUT2D eigenvalue weighted by Gasteiger charge is 2.32. The third kappa shape index (κ3) is 4.16. The average Bonchev–Trinajstić information content (AvgIpc) is 3.12. The summed E-state index contributed by atoms with van der Waals surface area (Å²) >= 11 is 8.03. The van der Waals surface area contributed by atoms with E-state index in [2.05, 4.69) is 20.8 Å². The number of carbonyl (C=O) groups excluding carboxylic acids is 3. The topological polar surface area (TPSA) is 100.0 Å². The Morgan fingerprint density at radius 3 is 2.62 bits per heavy atom. The molecule has 2 saturated heterocycles. The Kier molecular flexibility index (Phi) is 5.22. The molecule has 124 valence electrons. The summed E-state index contributed by atoms with van der Waals surface area (Å²) in [6, 6.07) is 6.52. The van der Waals surface area contributed by atoms with E-state index in [9.17, 15) is 14.4 Å². The van der Waals surface area contributed by atoms with Gasteiger partial charge in [0.15, 0.2) is 11.0 Å². The number of Topliss-reactive ketones (excluding diaryl/α,β-unsaturated/α-hetero) is 1. The van der Waals surface area contributed by atoms with Crippen LogP contribution in [-0.2, 0) is 4.79 Å². The lowest BCUT2D eigenvalue weighted by atomic mass is 10.1. The van der Waals surface area contributed by atoms with Gasteiger partial charge in [-0.3, -0.25) is 14.4 Å². The molecule has 0 aliphatic carbocycles. The van der Waals surface area contributed by atoms with Crippen molar-refractivity contribution in [3.63, 3.8) is 0 Å². The van der Waals surface area contributed by atoms with Gasteiger partial charge in [-0.1, -0.05) is 35.1 Å². The Labute approximate surface area is 150 Å². The molecule has 0 aromatic heterocycles. The van der Waals surface area contributed by atoms with Gasteiger partial charge in [0, 0.05) is 17.0 Å². The lowest BCUT2D eigenvalue weighted by Gasteiger charge is -2.04. The molecule has 2 amide bonds. The molecule has 2 N–H and O–H groups in total. The first kappa shape index (κ1) is 17.0. The van der Waals surface area contributed by atoms with Gasteiger partial charge in [0.2, 0.25) is 5.91 Å². The van der Waals surface area contributed by atoms with E-state index < -0.39 is 5.25 Å². The zero-order valence-corrected chi connectivity index (χ0v) is 14.5. The van der Waals surface area contributed by atoms with E-state index >= 15 is 0 Å². The fraction of sp³-hybridized carbons (Fsp3) is 0.214. The van der Waals surface area contributed by atoms with Gasteiger partial charge in [0.25, 0.3) is 5.24 Å². The average molecular weight is 383 g/mol. The molecule has 7 nitrogen and oxygen atoms in total. The lowest BCUT2D eigenvalue weighted by molar-refractivity contribution is -0.118. The van der Waals surface area contributed by atoms with Gasteiger partial charge in [-0.2, -0.15) is 0 Å². The second-order valence-corrected chi connectivity index (χ2v) is 7.46. The summed E-state index contributed by atoms with van der Waals surface area (Å²) in [6.07, 6.45) is 0.0559. The minimum absolute atomic E-state index is 0.0559. The van der Waals surface area contributed by atoms with Crippen molar-refractivity contribution >= 4 is 63.1 Å². The number of halogens is 1. The number of nitrogens with zero attached hydrogens (tertiary/aromatic N) is 2. The van der Waals surface area contributed by atoms with E-state index in [1.165, 1.54) is 0 Å². The Morgan fingerprint density at radius 2 is 1.96 bits per heavy atom. The summed E-state index contributed by atoms with van der Waals surface area (Å²) in [5, 5.41) is 13.0. The maximum Gasteiger partial charge on any atom is 0.284 e. The fourth-order valence-electron chi connectivity index (χ4n) is 1.99. The number of ketones is 1. The Bertz CT molecular complexity index is 764. The molecular weight excluding hydrogens is 372 g/mol. The zero-order valence-electron chi connectivity index (χ0n) is 12.1. The quantitative estimate of drug-likeness (QED) is 0.614. The summed E-state index contributed by atoms with van der Waals surface area (Å²) in [6.45, 7) is 0. The molecule has 0 bridgehead atoms. The molecule has 1 aromatic carbocycles. The molecule has 1 unspecified atom stereocenters. The predicted molar refractivity (Wildman–Crippen MR) is 95.8 cm³/mol. The van der Waals surface area contributed by atoms with E-state index in [4.69, 9.17) is 11.6 Å². The van der Waals surface area contributed by atoms with Crippen LogP contribution in [0.2, 0.25) is 5.02 Å². The van der Waals surface area contributed by atoms with Crippen LogP contribution in [0.3, 0.4) is 0 Å². The number of carbonyl (C=O) groups is 3. The van der Waals surface area contributed by atoms with Gasteiger partial charge in [0.05, 0.1) is 11.0 Å². The first-order valence-electron chi connectivity index (χ1n) is 6.86. The van der Waals surface area contributed by atoms with Crippen molar-refractivity contribution in [2.75, 3.05) is 5.75 Å². The molecule has 2 aliphatic rings. The van der Waals surface area contributed by atoms with Gasteiger partial charge in [-0.15, -0.1) is 10.2 Å². The highest BCUT2D eigenvalue weighted by atomic mass is 35.5. The van der Waals surface area contributed by atoms with Gasteiger partial charge in [-0.25, -0.2) is 0 Å². The number of amides is 2. The Morgan fingerprint density at radius 1 is 1.21 bits per heavy atom. The molecule has 2 aliphatic heterocycles. The van der Waals surface area contributed by atoms with Crippen LogP contribution in [-0.4, -0.2) is 38.9 Å². The number of thioether (sulfide) groups is 2. The molecule has 0 saturated carbocycles. The van der Waals surface area contributed by atoms with Gasteiger partial charge in [0.1, 0.15) is 5.84 Å². The van der Waals surface area contributed by atoms with Crippen LogP contribution in [0.4, 0.5) is 4.79 Å². The Hall–Kier alpha value is -1.84. The van der Waals surface area contributed by atoms with Crippen molar-refractivity contribution in [2.45, 2.75) is 11.7 Å². The van der Waals surface area contributed by atoms with Gasteiger partial charge >= 0.3 is 0 Å². The van der Waals surface area contributed by atoms with Gasteiger partial charge < -0.3 is 10.6 Å². The third-order valence-electron chi connectivity index (χ3n) is 3.16. The van der Waals surface area contributed by atoms with Crippen LogP contribution >= 0.6 is 35.1 Å². The number of rotatable bonds is 4. The molecular formula is C14H11ClN4O3S2. The van der Waals surface area contributed by atoms with E-state index in [1.54, 1.807) is 24.3 Å². The van der Waals surface area contributed by atoms with Crippen molar-refractivity contribution in [1.82, 2.24) is 10.6 Å². The first-order valence-corrected chi connectivity index (χ1v) is 9.10. The van der Waals surface area contributed by atoms with Crippen molar-refractivity contribution < 1.29 is 14.4 Å². The van der Waals surface area contributed by atoms with Crippen LogP contribution in [0.15, 0.2) is 34.5 Å². The van der Waals surface area contributed by atoms with E-state index in [-0.39, 0.29) is 23.4 Å². The Balaban J connectivity index is 1.61. The van der Waals surface area contributed by atoms with Crippen LogP contribution < -0.4 is 10.6 Å². The fourth-order valence-corrected chi connectivity index (χ4v) is 3.62. The van der Waals surface area contributed by atoms with Crippen LogP contribution in [0.25, 0.3) is 0 Å². The van der Waals surface area contributed by atoms with Gasteiger partial charge in [-0.05, 0) is 24.3 Å². The number of hydrogen-bond acceptors (Lipinski definition) is 7. The van der Waals surface area contributed by atoms with Crippen LogP contribution in [0, 0.1) is 0 Å². The third-order valence-corrected chi connectivity index (χ3v) is 5.27. The molecule has 0 spiro atoms. The maximum atomic E-state index is 12.2. The maximum absolute atomic E-state index is 12.2. The molecule has 1 atom stereocenters. The van der Waals surface area contributed by atoms with Crippen molar-refractivity contribution in [3.8, 4) is 0 Å². The minimum atomic E-state index is -0.556. The van der Waals surface area contributed by atoms with Crippen LogP contribution in [0.5, 0.6) is 0 Å². The largest absolute Gasteiger partial charge is 0.303 e. The smallest absolute Gasteiger partial charge is 0.284 e.